The maximum atomic E-state index is 12.6. The fourth-order valence-electron chi connectivity index (χ4n) is 3.56. The predicted octanol–water partition coefficient (Wildman–Crippen LogP) is 3.58. The number of fused-ring (bicyclic) bond motifs is 1. The maximum Gasteiger partial charge on any atom is 0.238 e. The van der Waals surface area contributed by atoms with Crippen LogP contribution in [-0.2, 0) is 27.8 Å². The third-order valence-corrected chi connectivity index (χ3v) is 6.38. The molecule has 1 amide bonds. The minimum atomic E-state index is -4.08. The molecule has 0 fully saturated rings. The van der Waals surface area contributed by atoms with Crippen molar-refractivity contribution < 1.29 is 17.9 Å². The van der Waals surface area contributed by atoms with Crippen LogP contribution in [0.15, 0.2) is 71.8 Å². The third kappa shape index (κ3) is 5.16. The molecule has 4 aromatic rings. The van der Waals surface area contributed by atoms with Crippen LogP contribution in [0.25, 0.3) is 10.9 Å². The number of methoxy groups -OCH3 is 1. The molecule has 3 aromatic carbocycles. The van der Waals surface area contributed by atoms with Gasteiger partial charge in [-0.1, -0.05) is 48.0 Å². The number of aromatic nitrogens is 2. The molecular weight excluding hydrogens is 464 g/mol. The van der Waals surface area contributed by atoms with Gasteiger partial charge in [0.1, 0.15) is 5.75 Å². The summed E-state index contributed by atoms with van der Waals surface area (Å²) in [6.07, 6.45) is 1.64. The van der Waals surface area contributed by atoms with Crippen LogP contribution in [0, 0.1) is 0 Å². The molecular formula is C23H21ClN4O4S. The lowest BCUT2D eigenvalue weighted by Crippen LogP contribution is -2.16. The summed E-state index contributed by atoms with van der Waals surface area (Å²) in [5.74, 6) is 0.340. The molecule has 0 aliphatic rings. The zero-order chi connectivity index (χ0) is 23.6. The predicted molar refractivity (Wildman–Crippen MR) is 127 cm³/mol. The fraction of sp³-hybridized carbons (Fsp3) is 0.130. The number of hydrogen-bond acceptors (Lipinski definition) is 5. The average molecular weight is 485 g/mol. The molecule has 0 unspecified atom stereocenters. The van der Waals surface area contributed by atoms with E-state index in [1.807, 2.05) is 24.3 Å². The Kier molecular flexibility index (Phi) is 6.37. The second-order valence-electron chi connectivity index (χ2n) is 7.41. The molecule has 0 radical (unpaired) electrons. The quantitative estimate of drug-likeness (QED) is 0.416. The summed E-state index contributed by atoms with van der Waals surface area (Å²) in [6.45, 7) is 0.358. The average Bonchev–Trinajstić information content (AvgIpc) is 3.16. The Morgan fingerprint density at radius 3 is 2.52 bits per heavy atom. The molecule has 0 saturated heterocycles. The van der Waals surface area contributed by atoms with Crippen molar-refractivity contribution in [1.29, 1.82) is 0 Å². The Balaban J connectivity index is 1.67. The fourth-order valence-corrected chi connectivity index (χ4v) is 4.51. The second kappa shape index (κ2) is 9.22. The number of primary sulfonamides is 1. The topological polar surface area (TPSA) is 116 Å². The van der Waals surface area contributed by atoms with Gasteiger partial charge in [-0.15, -0.1) is 0 Å². The first-order valence-corrected chi connectivity index (χ1v) is 11.9. The monoisotopic (exact) mass is 484 g/mol. The number of nitrogens with zero attached hydrogens (tertiary/aromatic N) is 2. The highest BCUT2D eigenvalue weighted by Gasteiger charge is 2.19. The van der Waals surface area contributed by atoms with Crippen molar-refractivity contribution in [2.45, 2.75) is 17.9 Å². The number of ether oxygens (including phenoxy) is 1. The first-order valence-electron chi connectivity index (χ1n) is 9.94. The molecule has 0 aliphatic carbocycles. The van der Waals surface area contributed by atoms with Gasteiger partial charge in [-0.3, -0.25) is 9.48 Å². The zero-order valence-electron chi connectivity index (χ0n) is 17.7. The summed E-state index contributed by atoms with van der Waals surface area (Å²) in [4.78, 5) is 12.4. The van der Waals surface area contributed by atoms with Gasteiger partial charge in [-0.25, -0.2) is 13.6 Å². The van der Waals surface area contributed by atoms with Gasteiger partial charge in [0.25, 0.3) is 0 Å². The van der Waals surface area contributed by atoms with Crippen LogP contribution in [0.5, 0.6) is 5.75 Å². The molecule has 0 spiro atoms. The van der Waals surface area contributed by atoms with E-state index in [2.05, 4.69) is 10.4 Å². The number of rotatable bonds is 7. The van der Waals surface area contributed by atoms with E-state index >= 15 is 0 Å². The Hall–Kier alpha value is -3.40. The number of nitrogens with one attached hydrogen (secondary N) is 1. The third-order valence-electron chi connectivity index (χ3n) is 5.06. The number of sulfonamides is 1. The van der Waals surface area contributed by atoms with Crippen molar-refractivity contribution >= 4 is 44.1 Å². The van der Waals surface area contributed by atoms with E-state index in [0.29, 0.717) is 33.8 Å². The van der Waals surface area contributed by atoms with Crippen molar-refractivity contribution in [3.8, 4) is 5.75 Å². The Bertz CT molecular complexity index is 1450. The van der Waals surface area contributed by atoms with Crippen LogP contribution in [0.4, 0.5) is 5.69 Å². The van der Waals surface area contributed by atoms with Crippen LogP contribution in [0.1, 0.15) is 11.1 Å². The molecule has 10 heteroatoms. The Labute approximate surface area is 196 Å². The number of hydrogen-bond donors (Lipinski definition) is 2. The van der Waals surface area contributed by atoms with Crippen LogP contribution in [-0.4, -0.2) is 31.2 Å². The Morgan fingerprint density at radius 2 is 1.82 bits per heavy atom. The Morgan fingerprint density at radius 1 is 1.12 bits per heavy atom. The summed E-state index contributed by atoms with van der Waals surface area (Å²) in [6, 6.07) is 17.4. The zero-order valence-corrected chi connectivity index (χ0v) is 19.2. The van der Waals surface area contributed by atoms with Gasteiger partial charge < -0.3 is 10.1 Å². The SMILES string of the molecule is COc1ccccc1Cn1cc2c(S(N)(=O)=O)cc(NC(=O)Cc3ccccc3Cl)cc2n1. The minimum Gasteiger partial charge on any atom is -0.496 e. The van der Waals surface area contributed by atoms with E-state index in [1.165, 1.54) is 6.07 Å². The van der Waals surface area contributed by atoms with Crippen LogP contribution in [0.2, 0.25) is 5.02 Å². The number of halogens is 1. The molecule has 8 nitrogen and oxygen atoms in total. The van der Waals surface area contributed by atoms with Crippen LogP contribution in [0.3, 0.4) is 0 Å². The number of carbonyl (C=O) groups excluding carboxylic acids is 1. The number of benzene rings is 3. The molecule has 0 saturated carbocycles. The highest BCUT2D eigenvalue weighted by Crippen LogP contribution is 2.28. The van der Waals surface area contributed by atoms with Crippen molar-refractivity contribution in [3.63, 3.8) is 0 Å². The lowest BCUT2D eigenvalue weighted by atomic mass is 10.1. The smallest absolute Gasteiger partial charge is 0.238 e. The summed E-state index contributed by atoms with van der Waals surface area (Å²) in [7, 11) is -2.50. The summed E-state index contributed by atoms with van der Waals surface area (Å²) >= 11 is 6.13. The first-order chi connectivity index (χ1) is 15.7. The number of anilines is 1. The maximum absolute atomic E-state index is 12.6. The molecule has 4 rings (SSSR count). The summed E-state index contributed by atoms with van der Waals surface area (Å²) < 4.78 is 31.5. The highest BCUT2D eigenvalue weighted by atomic mass is 35.5. The normalized spacial score (nSPS) is 11.5. The second-order valence-corrected chi connectivity index (χ2v) is 9.34. The van der Waals surface area contributed by atoms with E-state index in [4.69, 9.17) is 21.5 Å². The molecule has 1 aromatic heterocycles. The highest BCUT2D eigenvalue weighted by molar-refractivity contribution is 7.89. The van der Waals surface area contributed by atoms with Crippen molar-refractivity contribution in [1.82, 2.24) is 9.78 Å². The van der Waals surface area contributed by atoms with E-state index < -0.39 is 10.0 Å². The van der Waals surface area contributed by atoms with E-state index in [9.17, 15) is 13.2 Å². The standard InChI is InChI=1S/C23H21ClN4O4S/c1-32-21-9-5-3-7-16(21)13-28-14-18-20(27-28)11-17(12-22(18)33(25,30)31)26-23(29)10-15-6-2-4-8-19(15)24/h2-9,11-12,14H,10,13H2,1H3,(H,26,29)(H2,25,30,31). The molecule has 0 aliphatic heterocycles. The van der Waals surface area contributed by atoms with Crippen LogP contribution < -0.4 is 15.2 Å². The molecule has 3 N–H and O–H groups in total. The minimum absolute atomic E-state index is 0.0324. The van der Waals surface area contributed by atoms with Gasteiger partial charge in [0.2, 0.25) is 15.9 Å². The van der Waals surface area contributed by atoms with E-state index in [-0.39, 0.29) is 22.9 Å². The molecule has 0 bridgehead atoms. The van der Waals surface area contributed by atoms with Gasteiger partial charge in [0, 0.05) is 27.9 Å². The van der Waals surface area contributed by atoms with Gasteiger partial charge in [-0.2, -0.15) is 5.10 Å². The van der Waals surface area contributed by atoms with Gasteiger partial charge in [-0.05, 0) is 29.8 Å². The van der Waals surface area contributed by atoms with Gasteiger partial charge in [0.05, 0.1) is 30.5 Å². The number of carbonyl (C=O) groups is 1. The van der Waals surface area contributed by atoms with Gasteiger partial charge in [0.15, 0.2) is 0 Å². The molecule has 0 atom stereocenters. The first kappa shape index (κ1) is 22.8. The number of nitrogens with two attached hydrogens (primary N) is 1. The van der Waals surface area contributed by atoms with Crippen molar-refractivity contribution in [3.05, 3.63) is 83.0 Å². The van der Waals surface area contributed by atoms with E-state index in [0.717, 1.165) is 5.56 Å². The lowest BCUT2D eigenvalue weighted by molar-refractivity contribution is -0.115. The summed E-state index contributed by atoms with van der Waals surface area (Å²) in [5.41, 5.74) is 2.18. The van der Waals surface area contributed by atoms with Crippen molar-refractivity contribution in [2.24, 2.45) is 5.14 Å². The summed E-state index contributed by atoms with van der Waals surface area (Å²) in [5, 5.41) is 13.5. The number of para-hydroxylation sites is 1. The van der Waals surface area contributed by atoms with Gasteiger partial charge >= 0.3 is 0 Å². The number of amides is 1. The molecule has 170 valence electrons. The van der Waals surface area contributed by atoms with Crippen LogP contribution >= 0.6 is 11.6 Å². The van der Waals surface area contributed by atoms with E-state index in [1.54, 1.807) is 48.3 Å². The van der Waals surface area contributed by atoms with Crippen molar-refractivity contribution in [2.75, 3.05) is 12.4 Å². The lowest BCUT2D eigenvalue weighted by Gasteiger charge is -2.08. The molecule has 33 heavy (non-hydrogen) atoms. The largest absolute Gasteiger partial charge is 0.496 e. The molecule has 1 heterocycles.